The Labute approximate surface area is 106 Å². The van der Waals surface area contributed by atoms with Gasteiger partial charge in [-0.05, 0) is 19.8 Å². The number of hydrogen-bond acceptors (Lipinski definition) is 6. The van der Waals surface area contributed by atoms with Crippen molar-refractivity contribution >= 4 is 5.97 Å². The summed E-state index contributed by atoms with van der Waals surface area (Å²) in [4.78, 5) is 17.9. The first-order valence-electron chi connectivity index (χ1n) is 6.24. The van der Waals surface area contributed by atoms with Crippen molar-refractivity contribution < 1.29 is 14.1 Å². The van der Waals surface area contributed by atoms with Crippen molar-refractivity contribution in [2.45, 2.75) is 51.7 Å². The van der Waals surface area contributed by atoms with E-state index < -0.39 is 0 Å². The maximum absolute atomic E-state index is 11.7. The smallest absolute Gasteiger partial charge is 0.322 e. The highest BCUT2D eigenvalue weighted by atomic mass is 16.5. The fourth-order valence-electron chi connectivity index (χ4n) is 2.18. The topological polar surface area (TPSA) is 68.5 Å². The van der Waals surface area contributed by atoms with Crippen molar-refractivity contribution in [3.8, 4) is 0 Å². The molecule has 1 aromatic rings. The van der Waals surface area contributed by atoms with E-state index in [2.05, 4.69) is 15.0 Å². The number of aryl methyl sites for hydroxylation is 1. The number of rotatable bonds is 5. The standard InChI is InChI=1S/C12H19N3O3/c1-8(12(16)17-3)15(10-5-4-6-10)7-11-13-9(2)18-14-11/h8,10H,4-7H2,1-3H3. The fourth-order valence-corrected chi connectivity index (χ4v) is 2.18. The van der Waals surface area contributed by atoms with Crippen LogP contribution in [-0.4, -0.2) is 40.2 Å². The molecule has 0 aromatic carbocycles. The van der Waals surface area contributed by atoms with Crippen molar-refractivity contribution in [2.24, 2.45) is 0 Å². The minimum absolute atomic E-state index is 0.220. The monoisotopic (exact) mass is 253 g/mol. The highest BCUT2D eigenvalue weighted by molar-refractivity contribution is 5.75. The maximum atomic E-state index is 11.7. The van der Waals surface area contributed by atoms with Crippen LogP contribution in [0, 0.1) is 6.92 Å². The lowest BCUT2D eigenvalue weighted by molar-refractivity contribution is -0.148. The van der Waals surface area contributed by atoms with Gasteiger partial charge in [-0.25, -0.2) is 0 Å². The molecule has 1 fully saturated rings. The molecule has 0 spiro atoms. The lowest BCUT2D eigenvalue weighted by Gasteiger charge is -2.39. The van der Waals surface area contributed by atoms with Crippen molar-refractivity contribution in [1.82, 2.24) is 15.0 Å². The van der Waals surface area contributed by atoms with E-state index in [1.165, 1.54) is 13.5 Å². The van der Waals surface area contributed by atoms with Gasteiger partial charge in [0.25, 0.3) is 0 Å². The molecule has 18 heavy (non-hydrogen) atoms. The van der Waals surface area contributed by atoms with Crippen LogP contribution in [0.5, 0.6) is 0 Å². The molecule has 0 aliphatic heterocycles. The number of ether oxygens (including phenoxy) is 1. The molecule has 1 atom stereocenters. The molecule has 1 heterocycles. The van der Waals surface area contributed by atoms with Crippen LogP contribution in [0.4, 0.5) is 0 Å². The molecule has 0 radical (unpaired) electrons. The van der Waals surface area contributed by atoms with Crippen LogP contribution in [0.2, 0.25) is 0 Å². The summed E-state index contributed by atoms with van der Waals surface area (Å²) in [5, 5.41) is 3.88. The van der Waals surface area contributed by atoms with Gasteiger partial charge in [-0.15, -0.1) is 0 Å². The molecule has 1 aromatic heterocycles. The van der Waals surface area contributed by atoms with E-state index in [9.17, 15) is 4.79 Å². The van der Waals surface area contributed by atoms with E-state index in [1.54, 1.807) is 6.92 Å². The van der Waals surface area contributed by atoms with Gasteiger partial charge in [0.1, 0.15) is 6.04 Å². The summed E-state index contributed by atoms with van der Waals surface area (Å²) in [7, 11) is 1.41. The Morgan fingerprint density at radius 1 is 1.61 bits per heavy atom. The number of esters is 1. The summed E-state index contributed by atoms with van der Waals surface area (Å²) in [6, 6.07) is 0.136. The summed E-state index contributed by atoms with van der Waals surface area (Å²) < 4.78 is 9.77. The first-order valence-corrected chi connectivity index (χ1v) is 6.24. The minimum atomic E-state index is -0.279. The Kier molecular flexibility index (Phi) is 3.96. The molecule has 1 saturated carbocycles. The molecule has 1 aliphatic carbocycles. The van der Waals surface area contributed by atoms with Gasteiger partial charge in [-0.1, -0.05) is 11.6 Å². The Balaban J connectivity index is 2.07. The number of carbonyl (C=O) groups is 1. The zero-order valence-electron chi connectivity index (χ0n) is 11.0. The second-order valence-corrected chi connectivity index (χ2v) is 4.69. The molecule has 100 valence electrons. The molecule has 0 amide bonds. The van der Waals surface area contributed by atoms with Crippen molar-refractivity contribution in [3.63, 3.8) is 0 Å². The van der Waals surface area contributed by atoms with E-state index >= 15 is 0 Å². The summed E-state index contributed by atoms with van der Waals surface area (Å²) in [5.41, 5.74) is 0. The lowest BCUT2D eigenvalue weighted by atomic mass is 9.90. The van der Waals surface area contributed by atoms with Gasteiger partial charge in [-0.2, -0.15) is 4.98 Å². The quantitative estimate of drug-likeness (QED) is 0.737. The van der Waals surface area contributed by atoms with E-state index in [-0.39, 0.29) is 12.0 Å². The highest BCUT2D eigenvalue weighted by Crippen LogP contribution is 2.27. The van der Waals surface area contributed by atoms with Gasteiger partial charge in [0.2, 0.25) is 5.89 Å². The second kappa shape index (κ2) is 5.48. The van der Waals surface area contributed by atoms with Crippen molar-refractivity contribution in [3.05, 3.63) is 11.7 Å². The third-order valence-electron chi connectivity index (χ3n) is 3.48. The summed E-state index contributed by atoms with van der Waals surface area (Å²) in [5.74, 6) is 0.946. The number of methoxy groups -OCH3 is 1. The Hall–Kier alpha value is -1.43. The third kappa shape index (κ3) is 2.69. The molecule has 0 bridgehead atoms. The highest BCUT2D eigenvalue weighted by Gasteiger charge is 2.33. The van der Waals surface area contributed by atoms with Crippen LogP contribution in [-0.2, 0) is 16.1 Å². The molecule has 1 aliphatic rings. The molecule has 1 unspecified atom stereocenters. The molecular formula is C12H19N3O3. The fraction of sp³-hybridized carbons (Fsp3) is 0.750. The van der Waals surface area contributed by atoms with Gasteiger partial charge < -0.3 is 9.26 Å². The van der Waals surface area contributed by atoms with Crippen LogP contribution >= 0.6 is 0 Å². The number of nitrogens with zero attached hydrogens (tertiary/aromatic N) is 3. The largest absolute Gasteiger partial charge is 0.468 e. The van der Waals surface area contributed by atoms with Gasteiger partial charge in [0.15, 0.2) is 5.82 Å². The van der Waals surface area contributed by atoms with Crippen LogP contribution in [0.1, 0.15) is 37.9 Å². The average molecular weight is 253 g/mol. The van der Waals surface area contributed by atoms with E-state index in [0.29, 0.717) is 24.3 Å². The number of hydrogen-bond donors (Lipinski definition) is 0. The van der Waals surface area contributed by atoms with Gasteiger partial charge in [-0.3, -0.25) is 9.69 Å². The normalized spacial score (nSPS) is 17.6. The first-order chi connectivity index (χ1) is 8.61. The molecule has 6 heteroatoms. The molecular weight excluding hydrogens is 234 g/mol. The van der Waals surface area contributed by atoms with E-state index in [4.69, 9.17) is 9.26 Å². The van der Waals surface area contributed by atoms with Crippen molar-refractivity contribution in [1.29, 1.82) is 0 Å². The predicted molar refractivity (Wildman–Crippen MR) is 63.7 cm³/mol. The molecule has 0 N–H and O–H groups in total. The Morgan fingerprint density at radius 2 is 2.33 bits per heavy atom. The maximum Gasteiger partial charge on any atom is 0.322 e. The first kappa shape index (κ1) is 13.0. The lowest BCUT2D eigenvalue weighted by Crippen LogP contribution is -2.48. The number of aromatic nitrogens is 2. The summed E-state index contributed by atoms with van der Waals surface area (Å²) in [6.07, 6.45) is 3.43. The average Bonchev–Trinajstić information content (AvgIpc) is 2.69. The Bertz CT molecular complexity index is 414. The molecule has 2 rings (SSSR count). The van der Waals surface area contributed by atoms with Crippen LogP contribution < -0.4 is 0 Å². The minimum Gasteiger partial charge on any atom is -0.468 e. The summed E-state index contributed by atoms with van der Waals surface area (Å²) in [6.45, 7) is 4.14. The van der Waals surface area contributed by atoms with Crippen molar-refractivity contribution in [2.75, 3.05) is 7.11 Å². The molecule has 6 nitrogen and oxygen atoms in total. The third-order valence-corrected chi connectivity index (χ3v) is 3.48. The zero-order valence-corrected chi connectivity index (χ0v) is 11.0. The van der Waals surface area contributed by atoms with E-state index in [0.717, 1.165) is 12.8 Å². The second-order valence-electron chi connectivity index (χ2n) is 4.69. The van der Waals surface area contributed by atoms with Crippen LogP contribution in [0.25, 0.3) is 0 Å². The zero-order chi connectivity index (χ0) is 13.1. The van der Waals surface area contributed by atoms with Crippen LogP contribution in [0.3, 0.4) is 0 Å². The van der Waals surface area contributed by atoms with Gasteiger partial charge >= 0.3 is 5.97 Å². The van der Waals surface area contributed by atoms with Crippen LogP contribution in [0.15, 0.2) is 4.52 Å². The number of carbonyl (C=O) groups excluding carboxylic acids is 1. The predicted octanol–water partition coefficient (Wildman–Crippen LogP) is 1.29. The SMILES string of the molecule is COC(=O)C(C)N(Cc1noc(C)n1)C1CCC1. The molecule has 0 saturated heterocycles. The Morgan fingerprint density at radius 3 is 2.78 bits per heavy atom. The van der Waals surface area contributed by atoms with Gasteiger partial charge in [0, 0.05) is 13.0 Å². The van der Waals surface area contributed by atoms with Gasteiger partial charge in [0.05, 0.1) is 13.7 Å². The summed E-state index contributed by atoms with van der Waals surface area (Å²) >= 11 is 0. The van der Waals surface area contributed by atoms with E-state index in [1.807, 2.05) is 6.92 Å².